The van der Waals surface area contributed by atoms with Crippen LogP contribution < -0.4 is 5.32 Å². The topological polar surface area (TPSA) is 15.3 Å². The van der Waals surface area contributed by atoms with Crippen LogP contribution in [-0.4, -0.2) is 47.6 Å². The summed E-state index contributed by atoms with van der Waals surface area (Å²) in [6.07, 6.45) is 12.0. The van der Waals surface area contributed by atoms with Crippen LogP contribution in [0.25, 0.3) is 0 Å². The first kappa shape index (κ1) is 15.7. The van der Waals surface area contributed by atoms with Crippen LogP contribution in [0.15, 0.2) is 0 Å². The van der Waals surface area contributed by atoms with Crippen molar-refractivity contribution in [2.24, 2.45) is 0 Å². The Morgan fingerprint density at radius 1 is 1.26 bits per heavy atom. The monoisotopic (exact) mass is 284 g/mol. The molecule has 0 spiro atoms. The molecule has 3 heteroatoms. The Morgan fingerprint density at radius 2 is 1.95 bits per heavy atom. The Hall–Kier alpha value is 0.270. The van der Waals surface area contributed by atoms with E-state index in [0.717, 1.165) is 24.2 Å². The van der Waals surface area contributed by atoms with Crippen LogP contribution in [0.3, 0.4) is 0 Å². The van der Waals surface area contributed by atoms with E-state index in [1.807, 2.05) is 11.8 Å². The Balaban J connectivity index is 1.91. The first-order valence-corrected chi connectivity index (χ1v) is 9.65. The summed E-state index contributed by atoms with van der Waals surface area (Å²) in [5.74, 6) is 1.31. The van der Waals surface area contributed by atoms with Gasteiger partial charge in [-0.25, -0.2) is 0 Å². The summed E-state index contributed by atoms with van der Waals surface area (Å²) in [7, 11) is 0. The normalized spacial score (nSPS) is 33.3. The highest BCUT2D eigenvalue weighted by Gasteiger charge is 2.39. The molecule has 0 amide bonds. The van der Waals surface area contributed by atoms with Crippen molar-refractivity contribution < 1.29 is 0 Å². The average molecular weight is 285 g/mol. The van der Waals surface area contributed by atoms with Gasteiger partial charge in [-0.3, -0.25) is 4.90 Å². The predicted octanol–water partition coefficient (Wildman–Crippen LogP) is 3.51. The molecule has 0 saturated carbocycles. The molecule has 112 valence electrons. The van der Waals surface area contributed by atoms with E-state index in [1.165, 1.54) is 57.2 Å². The quantitative estimate of drug-likeness (QED) is 0.770. The van der Waals surface area contributed by atoms with Gasteiger partial charge in [0.2, 0.25) is 0 Å². The molecule has 1 N–H and O–H groups in total. The highest BCUT2D eigenvalue weighted by atomic mass is 32.2. The summed E-state index contributed by atoms with van der Waals surface area (Å²) in [6.45, 7) is 5.93. The van der Waals surface area contributed by atoms with E-state index in [0.29, 0.717) is 0 Å². The lowest BCUT2D eigenvalue weighted by Crippen LogP contribution is -2.59. The molecular formula is C16H32N2S. The van der Waals surface area contributed by atoms with Gasteiger partial charge in [-0.1, -0.05) is 13.3 Å². The SMILES string of the molecule is CCCNC1CC2CCCC(C1)N2C(C)CCSC. The molecule has 2 fully saturated rings. The standard InChI is InChI=1S/C16H32N2S/c1-4-9-17-14-11-15-6-5-7-16(12-14)18(15)13(2)8-10-19-3/h13-17H,4-12H2,1-3H3. The third kappa shape index (κ3) is 4.12. The molecule has 0 aromatic heterocycles. The maximum absolute atomic E-state index is 3.77. The van der Waals surface area contributed by atoms with Gasteiger partial charge in [0.1, 0.15) is 0 Å². The minimum atomic E-state index is 0.787. The lowest BCUT2D eigenvalue weighted by atomic mass is 9.80. The van der Waals surface area contributed by atoms with Crippen LogP contribution in [0.5, 0.6) is 0 Å². The number of thioether (sulfide) groups is 1. The van der Waals surface area contributed by atoms with E-state index in [-0.39, 0.29) is 0 Å². The van der Waals surface area contributed by atoms with Gasteiger partial charge in [-0.15, -0.1) is 0 Å². The Kier molecular flexibility index (Phi) is 6.51. The fraction of sp³-hybridized carbons (Fsp3) is 1.00. The summed E-state index contributed by atoms with van der Waals surface area (Å²) in [5, 5.41) is 3.77. The zero-order chi connectivity index (χ0) is 13.7. The third-order valence-corrected chi connectivity index (χ3v) is 5.61. The molecule has 2 saturated heterocycles. The molecule has 0 radical (unpaired) electrons. The number of fused-ring (bicyclic) bond motifs is 2. The van der Waals surface area contributed by atoms with Gasteiger partial charge >= 0.3 is 0 Å². The van der Waals surface area contributed by atoms with Crippen molar-refractivity contribution in [3.8, 4) is 0 Å². The van der Waals surface area contributed by atoms with Crippen LogP contribution in [-0.2, 0) is 0 Å². The van der Waals surface area contributed by atoms with Crippen molar-refractivity contribution in [3.63, 3.8) is 0 Å². The summed E-state index contributed by atoms with van der Waals surface area (Å²) in [6, 6.07) is 3.30. The Morgan fingerprint density at radius 3 is 2.53 bits per heavy atom. The first-order chi connectivity index (χ1) is 9.26. The summed E-state index contributed by atoms with van der Waals surface area (Å²) < 4.78 is 0. The lowest BCUT2D eigenvalue weighted by molar-refractivity contribution is -0.00594. The zero-order valence-corrected chi connectivity index (χ0v) is 13.8. The van der Waals surface area contributed by atoms with Crippen molar-refractivity contribution in [1.29, 1.82) is 0 Å². The van der Waals surface area contributed by atoms with Gasteiger partial charge in [0.05, 0.1) is 0 Å². The van der Waals surface area contributed by atoms with Crippen LogP contribution in [0.1, 0.15) is 58.8 Å². The van der Waals surface area contributed by atoms with E-state index < -0.39 is 0 Å². The van der Waals surface area contributed by atoms with Crippen LogP contribution >= 0.6 is 11.8 Å². The van der Waals surface area contributed by atoms with Crippen molar-refractivity contribution in [3.05, 3.63) is 0 Å². The second kappa shape index (κ2) is 7.90. The number of piperidine rings is 2. The highest BCUT2D eigenvalue weighted by Crippen LogP contribution is 2.36. The van der Waals surface area contributed by atoms with E-state index >= 15 is 0 Å². The summed E-state index contributed by atoms with van der Waals surface area (Å²) >= 11 is 1.99. The minimum absolute atomic E-state index is 0.787. The van der Waals surface area contributed by atoms with Crippen LogP contribution in [0.2, 0.25) is 0 Å². The fourth-order valence-electron chi connectivity index (χ4n) is 4.09. The van der Waals surface area contributed by atoms with Crippen LogP contribution in [0, 0.1) is 0 Å². The second-order valence-electron chi connectivity index (χ2n) is 6.44. The van der Waals surface area contributed by atoms with E-state index in [9.17, 15) is 0 Å². The van der Waals surface area contributed by atoms with Gasteiger partial charge in [0.15, 0.2) is 0 Å². The van der Waals surface area contributed by atoms with E-state index in [4.69, 9.17) is 0 Å². The first-order valence-electron chi connectivity index (χ1n) is 8.26. The molecule has 2 bridgehead atoms. The fourth-order valence-corrected chi connectivity index (χ4v) is 4.67. The highest BCUT2D eigenvalue weighted by molar-refractivity contribution is 7.98. The Bertz CT molecular complexity index is 245. The number of hydrogen-bond acceptors (Lipinski definition) is 3. The van der Waals surface area contributed by atoms with Crippen molar-refractivity contribution in [2.45, 2.75) is 83.0 Å². The number of nitrogens with one attached hydrogen (secondary N) is 1. The molecule has 0 aromatic carbocycles. The summed E-state index contributed by atoms with van der Waals surface area (Å²) in [4.78, 5) is 2.89. The van der Waals surface area contributed by atoms with Gasteiger partial charge in [-0.2, -0.15) is 11.8 Å². The maximum Gasteiger partial charge on any atom is 0.0116 e. The molecule has 19 heavy (non-hydrogen) atoms. The van der Waals surface area contributed by atoms with Gasteiger partial charge < -0.3 is 5.32 Å². The largest absolute Gasteiger partial charge is 0.314 e. The number of nitrogens with zero attached hydrogens (tertiary/aromatic N) is 1. The van der Waals surface area contributed by atoms with E-state index in [1.54, 1.807) is 0 Å². The minimum Gasteiger partial charge on any atom is -0.314 e. The van der Waals surface area contributed by atoms with E-state index in [2.05, 4.69) is 30.3 Å². The number of hydrogen-bond donors (Lipinski definition) is 1. The molecule has 0 aromatic rings. The molecule has 2 nitrogen and oxygen atoms in total. The van der Waals surface area contributed by atoms with Crippen molar-refractivity contribution in [2.75, 3.05) is 18.6 Å². The predicted molar refractivity (Wildman–Crippen MR) is 87.0 cm³/mol. The molecule has 2 aliphatic heterocycles. The van der Waals surface area contributed by atoms with Gasteiger partial charge in [-0.05, 0) is 64.0 Å². The molecular weight excluding hydrogens is 252 g/mol. The van der Waals surface area contributed by atoms with Crippen LogP contribution in [0.4, 0.5) is 0 Å². The molecule has 0 aliphatic carbocycles. The zero-order valence-electron chi connectivity index (χ0n) is 13.0. The molecule has 2 rings (SSSR count). The molecule has 2 heterocycles. The maximum atomic E-state index is 3.77. The molecule has 3 atom stereocenters. The molecule has 3 unspecified atom stereocenters. The number of rotatable bonds is 7. The molecule has 2 aliphatic rings. The van der Waals surface area contributed by atoms with Crippen molar-refractivity contribution >= 4 is 11.8 Å². The second-order valence-corrected chi connectivity index (χ2v) is 7.42. The lowest BCUT2D eigenvalue weighted by Gasteiger charge is -2.52. The average Bonchev–Trinajstić information content (AvgIpc) is 2.41. The van der Waals surface area contributed by atoms with Gasteiger partial charge in [0, 0.05) is 24.2 Å². The smallest absolute Gasteiger partial charge is 0.0116 e. The van der Waals surface area contributed by atoms with Crippen molar-refractivity contribution in [1.82, 2.24) is 10.2 Å². The summed E-state index contributed by atoms with van der Waals surface area (Å²) in [5.41, 5.74) is 0. The van der Waals surface area contributed by atoms with Gasteiger partial charge in [0.25, 0.3) is 0 Å². The third-order valence-electron chi connectivity index (χ3n) is 4.96. The Labute approximate surface area is 124 Å².